The molecule has 0 atom stereocenters. The van der Waals surface area contributed by atoms with Crippen molar-refractivity contribution in [2.45, 2.75) is 6.92 Å². The zero-order chi connectivity index (χ0) is 16.6. The summed E-state index contributed by atoms with van der Waals surface area (Å²) in [5, 5.41) is 7.77. The van der Waals surface area contributed by atoms with Crippen molar-refractivity contribution in [2.24, 2.45) is 7.05 Å². The molecule has 1 amide bonds. The Labute approximate surface area is 131 Å². The van der Waals surface area contributed by atoms with Crippen LogP contribution < -0.4 is 15.6 Å². The highest BCUT2D eigenvalue weighted by Crippen LogP contribution is 2.21. The first-order chi connectivity index (χ1) is 11.0. The van der Waals surface area contributed by atoms with Crippen molar-refractivity contribution in [3.05, 3.63) is 51.9 Å². The van der Waals surface area contributed by atoms with Gasteiger partial charge in [-0.15, -0.1) is 5.10 Å². The zero-order valence-electron chi connectivity index (χ0n) is 13.0. The van der Waals surface area contributed by atoms with E-state index in [1.807, 2.05) is 13.0 Å². The molecule has 0 aliphatic rings. The fraction of sp³-hybridized carbons (Fsp3) is 0.188. The lowest BCUT2D eigenvalue weighted by Gasteiger charge is -2.07. The summed E-state index contributed by atoms with van der Waals surface area (Å²) in [6.07, 6.45) is 1.58. The van der Waals surface area contributed by atoms with E-state index in [1.54, 1.807) is 31.4 Å². The summed E-state index contributed by atoms with van der Waals surface area (Å²) in [5.74, 6) is -0.0701. The Kier molecular flexibility index (Phi) is 3.61. The third kappa shape index (κ3) is 2.80. The number of nitrogens with one attached hydrogen (secondary N) is 2. The monoisotopic (exact) mass is 312 g/mol. The van der Waals surface area contributed by atoms with Crippen molar-refractivity contribution < 1.29 is 9.53 Å². The van der Waals surface area contributed by atoms with Crippen LogP contribution in [0.15, 0.2) is 35.3 Å². The molecular formula is C16H16N4O3. The summed E-state index contributed by atoms with van der Waals surface area (Å²) in [6.45, 7) is 1.87. The number of methoxy groups -OCH3 is 1. The van der Waals surface area contributed by atoms with Gasteiger partial charge >= 0.3 is 0 Å². The molecule has 0 aliphatic heterocycles. The molecule has 0 saturated carbocycles. The van der Waals surface area contributed by atoms with Crippen LogP contribution in [-0.4, -0.2) is 27.8 Å². The number of hydrogen-bond acceptors (Lipinski definition) is 4. The fourth-order valence-corrected chi connectivity index (χ4v) is 2.49. The second-order valence-electron chi connectivity index (χ2n) is 5.26. The van der Waals surface area contributed by atoms with E-state index in [9.17, 15) is 9.59 Å². The van der Waals surface area contributed by atoms with Gasteiger partial charge in [-0.05, 0) is 24.6 Å². The van der Waals surface area contributed by atoms with Crippen LogP contribution in [0.3, 0.4) is 0 Å². The smallest absolute Gasteiger partial charge is 0.262 e. The van der Waals surface area contributed by atoms with E-state index in [-0.39, 0.29) is 17.3 Å². The summed E-state index contributed by atoms with van der Waals surface area (Å²) in [6, 6.07) is 6.91. The molecule has 3 aromatic rings. The Morgan fingerprint density at radius 2 is 2.13 bits per heavy atom. The Morgan fingerprint density at radius 1 is 1.35 bits per heavy atom. The molecule has 2 heterocycles. The number of nitrogens with zero attached hydrogens (tertiary/aromatic N) is 2. The summed E-state index contributed by atoms with van der Waals surface area (Å²) >= 11 is 0. The first kappa shape index (κ1) is 14.8. The molecule has 7 nitrogen and oxygen atoms in total. The lowest BCUT2D eigenvalue weighted by atomic mass is 10.1. The molecule has 0 radical (unpaired) electrons. The Morgan fingerprint density at radius 3 is 2.87 bits per heavy atom. The van der Waals surface area contributed by atoms with Crippen LogP contribution in [0.1, 0.15) is 15.9 Å². The molecule has 7 heteroatoms. The van der Waals surface area contributed by atoms with Crippen LogP contribution in [0.5, 0.6) is 5.88 Å². The first-order valence-electron chi connectivity index (χ1n) is 7.00. The summed E-state index contributed by atoms with van der Waals surface area (Å²) in [5.41, 5.74) is 2.30. The van der Waals surface area contributed by atoms with E-state index in [0.717, 1.165) is 10.9 Å². The summed E-state index contributed by atoms with van der Waals surface area (Å²) in [4.78, 5) is 26.7. The fourth-order valence-electron chi connectivity index (χ4n) is 2.49. The minimum atomic E-state index is -0.329. The third-order valence-corrected chi connectivity index (χ3v) is 3.54. The third-order valence-electron chi connectivity index (χ3n) is 3.54. The lowest BCUT2D eigenvalue weighted by Crippen LogP contribution is -2.12. The maximum Gasteiger partial charge on any atom is 0.262 e. The number of hydrogen-bond donors (Lipinski definition) is 2. The quantitative estimate of drug-likeness (QED) is 0.772. The number of aromatic amines is 1. The molecule has 23 heavy (non-hydrogen) atoms. The second-order valence-corrected chi connectivity index (χ2v) is 5.26. The number of carbonyl (C=O) groups excluding carboxylic acids is 1. The maximum absolute atomic E-state index is 12.4. The van der Waals surface area contributed by atoms with E-state index in [2.05, 4.69) is 15.4 Å². The first-order valence-corrected chi connectivity index (χ1v) is 7.00. The number of pyridine rings is 1. The molecular weight excluding hydrogens is 296 g/mol. The number of benzene rings is 1. The van der Waals surface area contributed by atoms with Crippen LogP contribution in [0, 0.1) is 6.92 Å². The van der Waals surface area contributed by atoms with Gasteiger partial charge in [-0.1, -0.05) is 6.07 Å². The number of carbonyl (C=O) groups is 1. The number of amides is 1. The standard InChI is InChI=1S/C16H16N4O3/c1-9-6-14(21)18-13-7-10(4-5-11(9)13)17-15(22)12-8-20(2)19-16(12)23-3/h4-8H,1-3H3,(H,17,22)(H,18,21). The number of ether oxygens (including phenoxy) is 1. The molecule has 1 aromatic carbocycles. The highest BCUT2D eigenvalue weighted by molar-refractivity contribution is 6.06. The predicted octanol–water partition coefficient (Wildman–Crippen LogP) is 1.83. The van der Waals surface area contributed by atoms with E-state index >= 15 is 0 Å². The van der Waals surface area contributed by atoms with E-state index in [1.165, 1.54) is 11.8 Å². The van der Waals surface area contributed by atoms with Gasteiger partial charge in [-0.2, -0.15) is 0 Å². The maximum atomic E-state index is 12.4. The van der Waals surface area contributed by atoms with E-state index in [0.29, 0.717) is 16.8 Å². The molecule has 0 fully saturated rings. The van der Waals surface area contributed by atoms with Crippen molar-refractivity contribution in [1.29, 1.82) is 0 Å². The van der Waals surface area contributed by atoms with Gasteiger partial charge in [0.15, 0.2) is 0 Å². The number of aryl methyl sites for hydroxylation is 2. The lowest BCUT2D eigenvalue weighted by molar-refractivity contribution is 0.102. The van der Waals surface area contributed by atoms with Crippen LogP contribution in [0.4, 0.5) is 5.69 Å². The largest absolute Gasteiger partial charge is 0.479 e. The topological polar surface area (TPSA) is 89.0 Å². The molecule has 0 spiro atoms. The van der Waals surface area contributed by atoms with Gasteiger partial charge in [0.1, 0.15) is 5.56 Å². The van der Waals surface area contributed by atoms with Crippen molar-refractivity contribution >= 4 is 22.5 Å². The molecule has 2 aromatic heterocycles. The Bertz CT molecular complexity index is 956. The van der Waals surface area contributed by atoms with Crippen LogP contribution in [-0.2, 0) is 7.05 Å². The molecule has 0 unspecified atom stereocenters. The predicted molar refractivity (Wildman–Crippen MR) is 87.0 cm³/mol. The molecule has 0 bridgehead atoms. The number of aromatic nitrogens is 3. The van der Waals surface area contributed by atoms with Gasteiger partial charge in [-0.3, -0.25) is 14.3 Å². The zero-order valence-corrected chi connectivity index (χ0v) is 13.0. The summed E-state index contributed by atoms with van der Waals surface area (Å²) in [7, 11) is 3.17. The Hall–Kier alpha value is -3.09. The van der Waals surface area contributed by atoms with Crippen molar-refractivity contribution in [3.8, 4) is 5.88 Å². The second kappa shape index (κ2) is 5.60. The average molecular weight is 312 g/mol. The van der Waals surface area contributed by atoms with Gasteiger partial charge < -0.3 is 15.0 Å². The average Bonchev–Trinajstić information content (AvgIpc) is 2.88. The van der Waals surface area contributed by atoms with Crippen molar-refractivity contribution in [3.63, 3.8) is 0 Å². The molecule has 3 rings (SSSR count). The minimum absolute atomic E-state index is 0.174. The molecule has 2 N–H and O–H groups in total. The number of fused-ring (bicyclic) bond motifs is 1. The van der Waals surface area contributed by atoms with Crippen molar-refractivity contribution in [1.82, 2.24) is 14.8 Å². The van der Waals surface area contributed by atoms with E-state index in [4.69, 9.17) is 4.74 Å². The number of rotatable bonds is 3. The van der Waals surface area contributed by atoms with Crippen molar-refractivity contribution in [2.75, 3.05) is 12.4 Å². The van der Waals surface area contributed by atoms with Crippen LogP contribution in [0.25, 0.3) is 10.9 Å². The van der Waals surface area contributed by atoms with Crippen LogP contribution in [0.2, 0.25) is 0 Å². The highest BCUT2D eigenvalue weighted by Gasteiger charge is 2.16. The van der Waals surface area contributed by atoms with Gasteiger partial charge in [0.25, 0.3) is 5.91 Å². The van der Waals surface area contributed by atoms with E-state index < -0.39 is 0 Å². The normalized spacial score (nSPS) is 10.7. The summed E-state index contributed by atoms with van der Waals surface area (Å²) < 4.78 is 6.60. The number of H-pyrrole nitrogens is 1. The minimum Gasteiger partial charge on any atom is -0.479 e. The molecule has 0 saturated heterocycles. The molecule has 0 aliphatic carbocycles. The molecule has 118 valence electrons. The number of anilines is 1. The SMILES string of the molecule is COc1nn(C)cc1C(=O)Nc1ccc2c(C)cc(=O)[nH]c2c1. The van der Waals surface area contributed by atoms with Crippen LogP contribution >= 0.6 is 0 Å². The van der Waals surface area contributed by atoms with Gasteiger partial charge in [0.05, 0.1) is 12.6 Å². The Balaban J connectivity index is 1.95. The van der Waals surface area contributed by atoms with Gasteiger partial charge in [0.2, 0.25) is 11.4 Å². The van der Waals surface area contributed by atoms with Gasteiger partial charge in [-0.25, -0.2) is 0 Å². The highest BCUT2D eigenvalue weighted by atomic mass is 16.5. The van der Waals surface area contributed by atoms with Gasteiger partial charge in [0, 0.05) is 30.4 Å².